The van der Waals surface area contributed by atoms with E-state index in [0.717, 1.165) is 63.5 Å². The molecular formula is C28H36N6O3. The van der Waals surface area contributed by atoms with Crippen LogP contribution in [-0.2, 0) is 10.2 Å². The number of nitrogen functional groups attached to an aromatic ring is 1. The van der Waals surface area contributed by atoms with E-state index in [2.05, 4.69) is 50.2 Å². The summed E-state index contributed by atoms with van der Waals surface area (Å²) in [5.74, 6) is 2.18. The zero-order chi connectivity index (χ0) is 26.0. The van der Waals surface area contributed by atoms with Crippen molar-refractivity contribution in [2.75, 3.05) is 58.1 Å². The van der Waals surface area contributed by atoms with E-state index in [0.29, 0.717) is 28.8 Å². The third-order valence-corrected chi connectivity index (χ3v) is 7.97. The van der Waals surface area contributed by atoms with Crippen LogP contribution in [0, 0.1) is 0 Å². The van der Waals surface area contributed by atoms with Crippen LogP contribution in [0.15, 0.2) is 42.5 Å². The highest BCUT2D eigenvalue weighted by Gasteiger charge is 2.40. The van der Waals surface area contributed by atoms with E-state index in [1.165, 1.54) is 5.56 Å². The monoisotopic (exact) mass is 504 g/mol. The fourth-order valence-electron chi connectivity index (χ4n) is 5.94. The first kappa shape index (κ1) is 25.2. The quantitative estimate of drug-likeness (QED) is 0.464. The number of rotatable bonds is 8. The Bertz CT molecular complexity index is 1250. The van der Waals surface area contributed by atoms with Crippen molar-refractivity contribution in [3.8, 4) is 11.5 Å². The number of ether oxygens (including phenoxy) is 2. The molecule has 0 aliphatic carbocycles. The molecule has 1 atom stereocenters. The lowest BCUT2D eigenvalue weighted by atomic mass is 9.72. The maximum Gasteiger partial charge on any atom is 0.227 e. The Balaban J connectivity index is 1.43. The van der Waals surface area contributed by atoms with Crippen LogP contribution in [0.2, 0.25) is 0 Å². The van der Waals surface area contributed by atoms with E-state index < -0.39 is 0 Å². The molecule has 0 bridgehead atoms. The molecule has 1 aromatic heterocycles. The number of carbonyl (C=O) groups excluding carboxylic acids is 1. The molecule has 2 aliphatic rings. The third kappa shape index (κ3) is 4.81. The number of benzene rings is 2. The molecule has 0 spiro atoms. The zero-order valence-electron chi connectivity index (χ0n) is 21.9. The van der Waals surface area contributed by atoms with Crippen molar-refractivity contribution in [3.05, 3.63) is 48.0 Å². The Kier molecular flexibility index (Phi) is 7.17. The molecule has 2 saturated heterocycles. The average molecular weight is 505 g/mol. The largest absolute Gasteiger partial charge is 0.493 e. The number of hydrazine groups is 1. The van der Waals surface area contributed by atoms with Gasteiger partial charge in [0.25, 0.3) is 0 Å². The number of aldehydes is 1. The smallest absolute Gasteiger partial charge is 0.227 e. The summed E-state index contributed by atoms with van der Waals surface area (Å²) in [5.41, 5.74) is 8.34. The molecule has 196 valence electrons. The van der Waals surface area contributed by atoms with Crippen LogP contribution in [-0.4, -0.2) is 79.8 Å². The highest BCUT2D eigenvalue weighted by molar-refractivity contribution is 5.91. The topological polar surface area (TPSA) is 97.1 Å². The number of carbonyl (C=O) groups is 1. The molecule has 37 heavy (non-hydrogen) atoms. The van der Waals surface area contributed by atoms with Gasteiger partial charge in [-0.05, 0) is 37.3 Å². The standard InChI is InChI=1S/C28H36N6O3/c1-32(27-30-23-17-25(37-3)24(36-2)16-22(23)26(29)31-27)19-28(20-8-5-4-6-9-20)11-14-33(15-12-28)34-13-7-10-21(34)18-35/h4-6,8-9,16-18,21H,7,10-15,19H2,1-3H3,(H2,29,30,31)/t21-/m0/s1. The Morgan fingerprint density at radius 3 is 2.46 bits per heavy atom. The number of fused-ring (bicyclic) bond motifs is 1. The minimum atomic E-state index is -0.0758. The van der Waals surface area contributed by atoms with Gasteiger partial charge in [0.15, 0.2) is 11.5 Å². The van der Waals surface area contributed by atoms with Crippen LogP contribution >= 0.6 is 0 Å². The molecule has 2 N–H and O–H groups in total. The maximum atomic E-state index is 11.6. The molecule has 5 rings (SSSR count). The fourth-order valence-corrected chi connectivity index (χ4v) is 5.94. The van der Waals surface area contributed by atoms with E-state index in [1.807, 2.05) is 19.2 Å². The average Bonchev–Trinajstić information content (AvgIpc) is 3.42. The Labute approximate surface area is 218 Å². The van der Waals surface area contributed by atoms with Gasteiger partial charge in [0.2, 0.25) is 5.95 Å². The normalized spacial score (nSPS) is 20.1. The summed E-state index contributed by atoms with van der Waals surface area (Å²) in [6.07, 6.45) is 5.06. The molecule has 2 fully saturated rings. The molecule has 0 saturated carbocycles. The molecule has 3 aromatic rings. The van der Waals surface area contributed by atoms with Crippen molar-refractivity contribution in [2.45, 2.75) is 37.1 Å². The first-order valence-corrected chi connectivity index (χ1v) is 12.9. The number of aromatic nitrogens is 2. The molecular weight excluding hydrogens is 468 g/mol. The van der Waals surface area contributed by atoms with Gasteiger partial charge in [0.05, 0.1) is 25.8 Å². The lowest BCUT2D eigenvalue weighted by molar-refractivity contribution is -0.121. The number of likely N-dealkylation sites (N-methyl/N-ethyl adjacent to an activating group) is 1. The van der Waals surface area contributed by atoms with Crippen molar-refractivity contribution in [3.63, 3.8) is 0 Å². The van der Waals surface area contributed by atoms with Crippen LogP contribution in [0.4, 0.5) is 11.8 Å². The number of piperidine rings is 1. The zero-order valence-corrected chi connectivity index (χ0v) is 21.9. The Hall–Kier alpha value is -3.43. The molecule has 2 aliphatic heterocycles. The van der Waals surface area contributed by atoms with Gasteiger partial charge >= 0.3 is 0 Å². The maximum absolute atomic E-state index is 11.6. The molecule has 0 unspecified atom stereocenters. The van der Waals surface area contributed by atoms with Gasteiger partial charge in [-0.25, -0.2) is 15.0 Å². The Morgan fingerprint density at radius 2 is 1.78 bits per heavy atom. The minimum Gasteiger partial charge on any atom is -0.493 e. The third-order valence-electron chi connectivity index (χ3n) is 7.97. The summed E-state index contributed by atoms with van der Waals surface area (Å²) in [5, 5.41) is 5.40. The summed E-state index contributed by atoms with van der Waals surface area (Å²) in [6.45, 7) is 3.52. The van der Waals surface area contributed by atoms with Crippen LogP contribution in [0.5, 0.6) is 11.5 Å². The first-order valence-electron chi connectivity index (χ1n) is 12.9. The summed E-state index contributed by atoms with van der Waals surface area (Å²) in [4.78, 5) is 23.2. The van der Waals surface area contributed by atoms with Crippen molar-refractivity contribution < 1.29 is 14.3 Å². The molecule has 2 aromatic carbocycles. The van der Waals surface area contributed by atoms with Crippen molar-refractivity contribution in [1.29, 1.82) is 0 Å². The lowest BCUT2D eigenvalue weighted by Gasteiger charge is -2.47. The summed E-state index contributed by atoms with van der Waals surface area (Å²) < 4.78 is 10.9. The highest BCUT2D eigenvalue weighted by atomic mass is 16.5. The minimum absolute atomic E-state index is 0.0106. The van der Waals surface area contributed by atoms with Gasteiger partial charge in [-0.2, -0.15) is 4.98 Å². The van der Waals surface area contributed by atoms with Crippen LogP contribution in [0.25, 0.3) is 10.9 Å². The number of methoxy groups -OCH3 is 2. The SMILES string of the molecule is COc1cc2nc(N(C)CC3(c4ccccc4)CCN(N4CCC[C@H]4C=O)CC3)nc(N)c2cc1OC. The second kappa shape index (κ2) is 10.5. The molecule has 0 amide bonds. The molecule has 9 heteroatoms. The predicted octanol–water partition coefficient (Wildman–Crippen LogP) is 3.28. The van der Waals surface area contributed by atoms with Gasteiger partial charge in [0.1, 0.15) is 12.1 Å². The van der Waals surface area contributed by atoms with Crippen LogP contribution < -0.4 is 20.1 Å². The number of hydrogen-bond acceptors (Lipinski definition) is 9. The second-order valence-corrected chi connectivity index (χ2v) is 10.1. The van der Waals surface area contributed by atoms with E-state index in [1.54, 1.807) is 14.2 Å². The summed E-state index contributed by atoms with van der Waals surface area (Å²) in [6, 6.07) is 14.4. The van der Waals surface area contributed by atoms with Crippen LogP contribution in [0.1, 0.15) is 31.2 Å². The number of hydrogen-bond donors (Lipinski definition) is 1. The summed E-state index contributed by atoms with van der Waals surface area (Å²) >= 11 is 0. The molecule has 0 radical (unpaired) electrons. The van der Waals surface area contributed by atoms with E-state index in [4.69, 9.17) is 20.2 Å². The van der Waals surface area contributed by atoms with E-state index in [9.17, 15) is 4.79 Å². The van der Waals surface area contributed by atoms with E-state index >= 15 is 0 Å². The van der Waals surface area contributed by atoms with E-state index in [-0.39, 0.29) is 11.5 Å². The second-order valence-electron chi connectivity index (χ2n) is 10.1. The first-order chi connectivity index (χ1) is 18.0. The number of anilines is 2. The Morgan fingerprint density at radius 1 is 1.08 bits per heavy atom. The predicted molar refractivity (Wildman–Crippen MR) is 145 cm³/mol. The number of nitrogens with zero attached hydrogens (tertiary/aromatic N) is 5. The molecule has 3 heterocycles. The fraction of sp³-hybridized carbons (Fsp3) is 0.464. The number of nitrogens with two attached hydrogens (primary N) is 1. The van der Waals surface area contributed by atoms with Gasteiger partial charge < -0.3 is 24.9 Å². The van der Waals surface area contributed by atoms with Crippen molar-refractivity contribution in [1.82, 2.24) is 20.0 Å². The van der Waals surface area contributed by atoms with Crippen LogP contribution in [0.3, 0.4) is 0 Å². The molecule has 9 nitrogen and oxygen atoms in total. The van der Waals surface area contributed by atoms with Crippen molar-refractivity contribution in [2.24, 2.45) is 0 Å². The summed E-state index contributed by atoms with van der Waals surface area (Å²) in [7, 11) is 5.23. The van der Waals surface area contributed by atoms with Gasteiger partial charge in [-0.1, -0.05) is 30.3 Å². The van der Waals surface area contributed by atoms with Gasteiger partial charge in [-0.15, -0.1) is 0 Å². The lowest BCUT2D eigenvalue weighted by Crippen LogP contribution is -2.55. The highest BCUT2D eigenvalue weighted by Crippen LogP contribution is 2.39. The van der Waals surface area contributed by atoms with Crippen molar-refractivity contribution >= 4 is 29.0 Å². The van der Waals surface area contributed by atoms with Gasteiger partial charge in [0, 0.05) is 50.1 Å². The van der Waals surface area contributed by atoms with Gasteiger partial charge in [-0.3, -0.25) is 0 Å².